The molecule has 0 spiro atoms. The smallest absolute Gasteiger partial charge is 0.305 e. The Morgan fingerprint density at radius 1 is 1.39 bits per heavy atom. The van der Waals surface area contributed by atoms with E-state index in [9.17, 15) is 9.90 Å². The van der Waals surface area contributed by atoms with Crippen LogP contribution in [0, 0.1) is 6.92 Å². The Labute approximate surface area is 107 Å². The van der Waals surface area contributed by atoms with Crippen molar-refractivity contribution < 1.29 is 15.0 Å². The molecule has 0 saturated heterocycles. The summed E-state index contributed by atoms with van der Waals surface area (Å²) in [5.41, 5.74) is 7.78. The van der Waals surface area contributed by atoms with Crippen molar-refractivity contribution in [1.29, 1.82) is 0 Å². The molecule has 0 heterocycles. The van der Waals surface area contributed by atoms with Crippen molar-refractivity contribution in [2.45, 2.75) is 45.6 Å². The summed E-state index contributed by atoms with van der Waals surface area (Å²) >= 11 is 0. The van der Waals surface area contributed by atoms with Gasteiger partial charge in [-0.15, -0.1) is 0 Å². The molecule has 1 unspecified atom stereocenters. The van der Waals surface area contributed by atoms with Gasteiger partial charge in [0, 0.05) is 11.6 Å². The average Bonchev–Trinajstić information content (AvgIpc) is 2.13. The van der Waals surface area contributed by atoms with Crippen LogP contribution in [0.25, 0.3) is 0 Å². The maximum Gasteiger partial charge on any atom is 0.305 e. The zero-order valence-corrected chi connectivity index (χ0v) is 11.3. The zero-order valence-electron chi connectivity index (χ0n) is 11.3. The molecular weight excluding hydrogens is 230 g/mol. The van der Waals surface area contributed by atoms with E-state index >= 15 is 0 Å². The third-order valence-corrected chi connectivity index (χ3v) is 3.01. The van der Waals surface area contributed by atoms with Gasteiger partial charge >= 0.3 is 5.97 Å². The summed E-state index contributed by atoms with van der Waals surface area (Å²) in [4.78, 5) is 10.7. The van der Waals surface area contributed by atoms with E-state index in [4.69, 9.17) is 10.8 Å². The Morgan fingerprint density at radius 2 is 1.94 bits per heavy atom. The van der Waals surface area contributed by atoms with Gasteiger partial charge in [-0.2, -0.15) is 0 Å². The average molecular weight is 251 g/mol. The third kappa shape index (κ3) is 3.01. The number of aryl methyl sites for hydroxylation is 1. The van der Waals surface area contributed by atoms with Crippen LogP contribution in [-0.2, 0) is 10.2 Å². The molecular formula is C14H21NO3. The Kier molecular flexibility index (Phi) is 4.02. The molecule has 1 rings (SSSR count). The lowest BCUT2D eigenvalue weighted by Crippen LogP contribution is -2.19. The molecule has 4 nitrogen and oxygen atoms in total. The number of carboxylic acids is 1. The predicted molar refractivity (Wildman–Crippen MR) is 70.7 cm³/mol. The van der Waals surface area contributed by atoms with Crippen molar-refractivity contribution in [3.8, 4) is 5.75 Å². The number of carboxylic acid groups (broad SMARTS) is 1. The molecule has 4 N–H and O–H groups in total. The Bertz CT molecular complexity index is 461. The second-order valence-corrected chi connectivity index (χ2v) is 5.65. The van der Waals surface area contributed by atoms with E-state index in [1.54, 1.807) is 0 Å². The highest BCUT2D eigenvalue weighted by Gasteiger charge is 2.24. The standard InChI is InChI=1S/C14H21NO3/c1-8-5-6-9(14(2,3)4)13(18)12(8)10(15)7-11(16)17/h5-6,10,18H,7,15H2,1-4H3,(H,16,17). The van der Waals surface area contributed by atoms with E-state index in [1.807, 2.05) is 39.8 Å². The fraction of sp³-hybridized carbons (Fsp3) is 0.500. The minimum Gasteiger partial charge on any atom is -0.507 e. The summed E-state index contributed by atoms with van der Waals surface area (Å²) in [6, 6.07) is 3.05. The molecule has 1 atom stereocenters. The lowest BCUT2D eigenvalue weighted by molar-refractivity contribution is -0.137. The molecule has 0 aliphatic carbocycles. The molecule has 0 aliphatic heterocycles. The second kappa shape index (κ2) is 4.98. The molecule has 1 aromatic carbocycles. The number of rotatable bonds is 3. The number of carbonyl (C=O) groups is 1. The summed E-state index contributed by atoms with van der Waals surface area (Å²) in [5.74, 6) is -0.848. The van der Waals surface area contributed by atoms with Crippen LogP contribution in [0.4, 0.5) is 0 Å². The van der Waals surface area contributed by atoms with Gasteiger partial charge in [0.05, 0.1) is 6.42 Å². The molecule has 0 aromatic heterocycles. The number of hydrogen-bond donors (Lipinski definition) is 3. The molecule has 0 amide bonds. The van der Waals surface area contributed by atoms with E-state index in [0.29, 0.717) is 5.56 Å². The Hall–Kier alpha value is -1.55. The SMILES string of the molecule is Cc1ccc(C(C)(C)C)c(O)c1C(N)CC(=O)O. The van der Waals surface area contributed by atoms with Crippen LogP contribution in [0.3, 0.4) is 0 Å². The third-order valence-electron chi connectivity index (χ3n) is 3.01. The fourth-order valence-corrected chi connectivity index (χ4v) is 2.07. The number of aromatic hydroxyl groups is 1. The zero-order chi connectivity index (χ0) is 14.1. The molecule has 1 aromatic rings. The largest absolute Gasteiger partial charge is 0.507 e. The highest BCUT2D eigenvalue weighted by atomic mass is 16.4. The minimum absolute atomic E-state index is 0.122. The Morgan fingerprint density at radius 3 is 2.39 bits per heavy atom. The molecule has 0 saturated carbocycles. The van der Waals surface area contributed by atoms with E-state index in [-0.39, 0.29) is 17.6 Å². The number of phenols is 1. The lowest BCUT2D eigenvalue weighted by Gasteiger charge is -2.24. The summed E-state index contributed by atoms with van der Waals surface area (Å²) in [6.45, 7) is 7.79. The van der Waals surface area contributed by atoms with Crippen LogP contribution in [0.2, 0.25) is 0 Å². The van der Waals surface area contributed by atoms with Gasteiger partial charge in [-0.3, -0.25) is 4.79 Å². The molecule has 0 radical (unpaired) electrons. The first-order valence-electron chi connectivity index (χ1n) is 5.95. The lowest BCUT2D eigenvalue weighted by atomic mass is 9.83. The van der Waals surface area contributed by atoms with Gasteiger partial charge in [0.2, 0.25) is 0 Å². The minimum atomic E-state index is -0.970. The highest BCUT2D eigenvalue weighted by Crippen LogP contribution is 2.37. The van der Waals surface area contributed by atoms with Crippen LogP contribution >= 0.6 is 0 Å². The highest BCUT2D eigenvalue weighted by molar-refractivity contribution is 5.68. The van der Waals surface area contributed by atoms with Crippen LogP contribution in [0.1, 0.15) is 49.9 Å². The maximum atomic E-state index is 10.7. The van der Waals surface area contributed by atoms with Crippen molar-refractivity contribution in [2.24, 2.45) is 5.73 Å². The normalized spacial score (nSPS) is 13.4. The van der Waals surface area contributed by atoms with Crippen molar-refractivity contribution in [3.05, 3.63) is 28.8 Å². The number of phenolic OH excluding ortho intramolecular Hbond substituents is 1. The maximum absolute atomic E-state index is 10.7. The van der Waals surface area contributed by atoms with Gasteiger partial charge in [-0.05, 0) is 23.5 Å². The van der Waals surface area contributed by atoms with Gasteiger partial charge in [0.1, 0.15) is 5.75 Å². The van der Waals surface area contributed by atoms with E-state index in [2.05, 4.69) is 0 Å². The molecule has 0 bridgehead atoms. The van der Waals surface area contributed by atoms with Gasteiger partial charge in [-0.1, -0.05) is 32.9 Å². The van der Waals surface area contributed by atoms with E-state index < -0.39 is 12.0 Å². The van der Waals surface area contributed by atoms with Crippen LogP contribution < -0.4 is 5.73 Å². The summed E-state index contributed by atoms with van der Waals surface area (Å²) in [5, 5.41) is 19.1. The van der Waals surface area contributed by atoms with Crippen LogP contribution in [0.5, 0.6) is 5.75 Å². The first-order valence-corrected chi connectivity index (χ1v) is 5.95. The van der Waals surface area contributed by atoms with Crippen molar-refractivity contribution in [1.82, 2.24) is 0 Å². The van der Waals surface area contributed by atoms with Crippen molar-refractivity contribution in [3.63, 3.8) is 0 Å². The van der Waals surface area contributed by atoms with E-state index in [1.165, 1.54) is 0 Å². The van der Waals surface area contributed by atoms with Crippen LogP contribution in [0.15, 0.2) is 12.1 Å². The molecule has 4 heteroatoms. The number of hydrogen-bond acceptors (Lipinski definition) is 3. The fourth-order valence-electron chi connectivity index (χ4n) is 2.07. The van der Waals surface area contributed by atoms with Gasteiger partial charge < -0.3 is 15.9 Å². The summed E-state index contributed by atoms with van der Waals surface area (Å²) in [7, 11) is 0. The quantitative estimate of drug-likeness (QED) is 0.770. The second-order valence-electron chi connectivity index (χ2n) is 5.65. The number of nitrogens with two attached hydrogens (primary N) is 1. The van der Waals surface area contributed by atoms with Crippen molar-refractivity contribution >= 4 is 5.97 Å². The number of benzene rings is 1. The predicted octanol–water partition coefficient (Wildman–Crippen LogP) is 2.47. The molecule has 100 valence electrons. The Balaban J connectivity index is 3.31. The van der Waals surface area contributed by atoms with E-state index in [0.717, 1.165) is 11.1 Å². The molecule has 18 heavy (non-hydrogen) atoms. The monoisotopic (exact) mass is 251 g/mol. The first kappa shape index (κ1) is 14.5. The summed E-state index contributed by atoms with van der Waals surface area (Å²) < 4.78 is 0. The van der Waals surface area contributed by atoms with Gasteiger partial charge in [0.15, 0.2) is 0 Å². The van der Waals surface area contributed by atoms with Gasteiger partial charge in [-0.25, -0.2) is 0 Å². The molecule has 0 aliphatic rings. The van der Waals surface area contributed by atoms with Crippen LogP contribution in [-0.4, -0.2) is 16.2 Å². The van der Waals surface area contributed by atoms with Gasteiger partial charge in [0.25, 0.3) is 0 Å². The first-order chi connectivity index (χ1) is 8.14. The summed E-state index contributed by atoms with van der Waals surface area (Å²) in [6.07, 6.45) is -0.192. The number of aliphatic carboxylic acids is 1. The molecule has 0 fully saturated rings. The van der Waals surface area contributed by atoms with Crippen molar-refractivity contribution in [2.75, 3.05) is 0 Å². The topological polar surface area (TPSA) is 83.5 Å².